The Labute approximate surface area is 191 Å². The monoisotopic (exact) mass is 481 g/mol. The van der Waals surface area contributed by atoms with Crippen molar-refractivity contribution in [2.24, 2.45) is 5.92 Å². The molecular weight excluding hydrogens is 458 g/mol. The second-order valence-corrected chi connectivity index (χ2v) is 10.0. The molecule has 11 heteroatoms. The first-order valence-electron chi connectivity index (χ1n) is 10.4. The lowest BCUT2D eigenvalue weighted by atomic mass is 9.95. The minimum Gasteiger partial charge on any atom is -0.459 e. The Bertz CT molecular complexity index is 1070. The summed E-state index contributed by atoms with van der Waals surface area (Å²) < 4.78 is 37.6. The summed E-state index contributed by atoms with van der Waals surface area (Å²) in [6.07, 6.45) is 2.46. The van der Waals surface area contributed by atoms with E-state index < -0.39 is 10.0 Å². The quantitative estimate of drug-likeness (QED) is 0.702. The lowest BCUT2D eigenvalue weighted by Gasteiger charge is -2.30. The van der Waals surface area contributed by atoms with Gasteiger partial charge in [-0.25, -0.2) is 8.42 Å². The Hall–Kier alpha value is -2.40. The Morgan fingerprint density at radius 2 is 1.78 bits per heavy atom. The van der Waals surface area contributed by atoms with Gasteiger partial charge in [-0.05, 0) is 43.2 Å². The lowest BCUT2D eigenvalue weighted by molar-refractivity contribution is -0.121. The normalized spacial score (nSPS) is 18.5. The van der Waals surface area contributed by atoms with Crippen LogP contribution >= 0.6 is 11.6 Å². The first-order chi connectivity index (χ1) is 15.4. The van der Waals surface area contributed by atoms with E-state index in [2.05, 4.69) is 5.32 Å². The van der Waals surface area contributed by atoms with E-state index in [1.54, 1.807) is 23.1 Å². The topological polar surface area (TPSA) is 109 Å². The summed E-state index contributed by atoms with van der Waals surface area (Å²) in [5.74, 6) is -0.412. The Morgan fingerprint density at radius 1 is 1.06 bits per heavy atom. The van der Waals surface area contributed by atoms with Crippen LogP contribution in [0.25, 0.3) is 0 Å². The zero-order valence-corrected chi connectivity index (χ0v) is 18.9. The molecule has 3 heterocycles. The third-order valence-corrected chi connectivity index (χ3v) is 8.05. The molecule has 2 aromatic rings. The van der Waals surface area contributed by atoms with Crippen LogP contribution in [0.15, 0.2) is 45.9 Å². The SMILES string of the molecule is O=C(Nc1ccc(Cl)c(S(=O)(=O)N2CCOCC2)c1)C1CCN(C(=O)c2ccco2)CC1. The van der Waals surface area contributed by atoms with E-state index >= 15 is 0 Å². The maximum atomic E-state index is 13.0. The van der Waals surface area contributed by atoms with Crippen LogP contribution in [0.4, 0.5) is 5.69 Å². The van der Waals surface area contributed by atoms with Gasteiger partial charge in [0.2, 0.25) is 15.9 Å². The number of rotatable bonds is 5. The molecule has 1 aromatic carbocycles. The van der Waals surface area contributed by atoms with Crippen LogP contribution in [0, 0.1) is 5.92 Å². The van der Waals surface area contributed by atoms with Gasteiger partial charge in [-0.15, -0.1) is 0 Å². The highest BCUT2D eigenvalue weighted by Crippen LogP contribution is 2.29. The third kappa shape index (κ3) is 4.83. The molecule has 2 aliphatic rings. The number of carbonyl (C=O) groups is 2. The van der Waals surface area contributed by atoms with E-state index in [1.807, 2.05) is 0 Å². The first kappa shape index (κ1) is 22.8. The molecule has 172 valence electrons. The number of hydrogen-bond donors (Lipinski definition) is 1. The van der Waals surface area contributed by atoms with Gasteiger partial charge in [0.15, 0.2) is 5.76 Å². The fraction of sp³-hybridized carbons (Fsp3) is 0.429. The van der Waals surface area contributed by atoms with Crippen LogP contribution in [0.5, 0.6) is 0 Å². The molecule has 2 fully saturated rings. The Morgan fingerprint density at radius 3 is 2.44 bits per heavy atom. The second kappa shape index (κ2) is 9.62. The molecule has 1 N–H and O–H groups in total. The van der Waals surface area contributed by atoms with Crippen molar-refractivity contribution in [2.45, 2.75) is 17.7 Å². The average molecular weight is 482 g/mol. The summed E-state index contributed by atoms with van der Waals surface area (Å²) in [6, 6.07) is 7.71. The predicted molar refractivity (Wildman–Crippen MR) is 117 cm³/mol. The maximum absolute atomic E-state index is 13.0. The average Bonchev–Trinajstić information content (AvgIpc) is 3.35. The minimum absolute atomic E-state index is 0.0438. The van der Waals surface area contributed by atoms with E-state index in [-0.39, 0.29) is 46.5 Å². The number of amides is 2. The molecule has 0 atom stereocenters. The fourth-order valence-corrected chi connectivity index (χ4v) is 5.76. The van der Waals surface area contributed by atoms with Gasteiger partial charge >= 0.3 is 0 Å². The molecule has 9 nitrogen and oxygen atoms in total. The van der Waals surface area contributed by atoms with Gasteiger partial charge in [-0.3, -0.25) is 9.59 Å². The second-order valence-electron chi connectivity index (χ2n) is 7.69. The van der Waals surface area contributed by atoms with E-state index in [1.165, 1.54) is 22.7 Å². The van der Waals surface area contributed by atoms with Gasteiger partial charge in [0.1, 0.15) is 4.90 Å². The van der Waals surface area contributed by atoms with E-state index in [0.717, 1.165) is 0 Å². The van der Waals surface area contributed by atoms with Gasteiger partial charge in [-0.2, -0.15) is 4.31 Å². The number of anilines is 1. The van der Waals surface area contributed by atoms with Gasteiger partial charge in [-0.1, -0.05) is 11.6 Å². The van der Waals surface area contributed by atoms with E-state index in [0.29, 0.717) is 44.8 Å². The number of likely N-dealkylation sites (tertiary alicyclic amines) is 1. The van der Waals surface area contributed by atoms with Crippen molar-refractivity contribution in [1.29, 1.82) is 0 Å². The van der Waals surface area contributed by atoms with Gasteiger partial charge < -0.3 is 19.4 Å². The number of ether oxygens (including phenoxy) is 1. The summed E-state index contributed by atoms with van der Waals surface area (Å²) in [4.78, 5) is 26.8. The number of piperidine rings is 1. The molecule has 0 unspecified atom stereocenters. The first-order valence-corrected chi connectivity index (χ1v) is 12.2. The maximum Gasteiger partial charge on any atom is 0.289 e. The number of nitrogens with one attached hydrogen (secondary N) is 1. The molecule has 1 aromatic heterocycles. The van der Waals surface area contributed by atoms with Crippen LogP contribution in [0.1, 0.15) is 23.4 Å². The molecule has 2 amide bonds. The van der Waals surface area contributed by atoms with Crippen LogP contribution in [0.3, 0.4) is 0 Å². The van der Waals surface area contributed by atoms with Crippen molar-refractivity contribution in [1.82, 2.24) is 9.21 Å². The summed E-state index contributed by atoms with van der Waals surface area (Å²) >= 11 is 6.18. The standard InChI is InChI=1S/C21H24ClN3O6S/c22-17-4-3-16(14-19(17)32(28,29)25-9-12-30-13-10-25)23-20(26)15-5-7-24(8-6-15)21(27)18-2-1-11-31-18/h1-4,11,14-15H,5-10,12-13H2,(H,23,26). The summed E-state index contributed by atoms with van der Waals surface area (Å²) in [5.41, 5.74) is 0.361. The highest BCUT2D eigenvalue weighted by atomic mass is 35.5. The number of hydrogen-bond acceptors (Lipinski definition) is 6. The molecule has 2 aliphatic heterocycles. The Balaban J connectivity index is 1.40. The zero-order chi connectivity index (χ0) is 22.7. The fourth-order valence-electron chi connectivity index (χ4n) is 3.85. The number of morpholine rings is 1. The van der Waals surface area contributed by atoms with Crippen molar-refractivity contribution < 1.29 is 27.2 Å². The highest BCUT2D eigenvalue weighted by Gasteiger charge is 2.31. The number of halogens is 1. The summed E-state index contributed by atoms with van der Waals surface area (Å²) in [5, 5.41) is 2.90. The van der Waals surface area contributed by atoms with Crippen LogP contribution in [-0.2, 0) is 19.6 Å². The number of benzene rings is 1. The summed E-state index contributed by atoms with van der Waals surface area (Å²) in [6.45, 7) is 2.04. The molecule has 4 rings (SSSR count). The number of sulfonamides is 1. The third-order valence-electron chi connectivity index (χ3n) is 5.67. The van der Waals surface area contributed by atoms with Crippen molar-refractivity contribution in [2.75, 3.05) is 44.7 Å². The molecule has 32 heavy (non-hydrogen) atoms. The van der Waals surface area contributed by atoms with Crippen molar-refractivity contribution >= 4 is 39.1 Å². The zero-order valence-electron chi connectivity index (χ0n) is 17.3. The summed E-state index contributed by atoms with van der Waals surface area (Å²) in [7, 11) is -3.80. The van der Waals surface area contributed by atoms with Crippen molar-refractivity contribution in [3.63, 3.8) is 0 Å². The van der Waals surface area contributed by atoms with Gasteiger partial charge in [0.25, 0.3) is 5.91 Å². The largest absolute Gasteiger partial charge is 0.459 e. The molecule has 0 aliphatic carbocycles. The predicted octanol–water partition coefficient (Wildman–Crippen LogP) is 2.44. The van der Waals surface area contributed by atoms with E-state index in [9.17, 15) is 18.0 Å². The lowest BCUT2D eigenvalue weighted by Crippen LogP contribution is -2.41. The minimum atomic E-state index is -3.80. The number of carbonyl (C=O) groups excluding carboxylic acids is 2. The Kier molecular flexibility index (Phi) is 6.85. The molecule has 0 radical (unpaired) electrons. The molecular formula is C21H24ClN3O6S. The van der Waals surface area contributed by atoms with Gasteiger partial charge in [0, 0.05) is 37.8 Å². The van der Waals surface area contributed by atoms with Crippen LogP contribution < -0.4 is 5.32 Å². The van der Waals surface area contributed by atoms with Gasteiger partial charge in [0.05, 0.1) is 24.5 Å². The number of furan rings is 1. The highest BCUT2D eigenvalue weighted by molar-refractivity contribution is 7.89. The smallest absolute Gasteiger partial charge is 0.289 e. The van der Waals surface area contributed by atoms with Crippen molar-refractivity contribution in [3.8, 4) is 0 Å². The molecule has 0 spiro atoms. The number of nitrogens with zero attached hydrogens (tertiary/aromatic N) is 2. The van der Waals surface area contributed by atoms with Crippen LogP contribution in [0.2, 0.25) is 5.02 Å². The molecule has 0 bridgehead atoms. The van der Waals surface area contributed by atoms with Crippen LogP contribution in [-0.4, -0.2) is 68.8 Å². The van der Waals surface area contributed by atoms with Crippen molar-refractivity contribution in [3.05, 3.63) is 47.4 Å². The van der Waals surface area contributed by atoms with E-state index in [4.69, 9.17) is 20.8 Å². The molecule has 2 saturated heterocycles. The molecule has 0 saturated carbocycles.